The Morgan fingerprint density at radius 1 is 0.963 bits per heavy atom. The van der Waals surface area contributed by atoms with Gasteiger partial charge in [-0.1, -0.05) is 84.5 Å². The van der Waals surface area contributed by atoms with Crippen molar-refractivity contribution in [2.24, 2.45) is 4.99 Å². The van der Waals surface area contributed by atoms with E-state index in [9.17, 15) is 15.0 Å². The number of aliphatic imine (C=N–C) groups is 1. The maximum Gasteiger partial charge on any atom is 0.359 e. The number of hydrogen-bond acceptors (Lipinski definition) is 3. The Labute approximate surface area is 166 Å². The van der Waals surface area contributed by atoms with Crippen LogP contribution in [-0.4, -0.2) is 52.4 Å². The van der Waals surface area contributed by atoms with Gasteiger partial charge in [-0.25, -0.2) is 14.3 Å². The van der Waals surface area contributed by atoms with Crippen LogP contribution < -0.4 is 0 Å². The molecule has 5 nitrogen and oxygen atoms in total. The lowest BCUT2D eigenvalue weighted by atomic mass is 10.0. The summed E-state index contributed by atoms with van der Waals surface area (Å²) in [5, 5.41) is 19.7. The number of carboxylic acids is 1. The third-order valence-corrected chi connectivity index (χ3v) is 5.91. The average molecular weight is 384 g/mol. The molecule has 0 saturated heterocycles. The molecule has 0 aromatic heterocycles. The van der Waals surface area contributed by atoms with Gasteiger partial charge < -0.3 is 10.2 Å². The molecule has 0 fully saturated rings. The van der Waals surface area contributed by atoms with E-state index in [1.807, 2.05) is 6.92 Å². The molecule has 0 spiro atoms. The highest BCUT2D eigenvalue weighted by molar-refractivity contribution is 5.80. The van der Waals surface area contributed by atoms with Crippen LogP contribution in [0.1, 0.15) is 104 Å². The summed E-state index contributed by atoms with van der Waals surface area (Å²) in [5.41, 5.74) is 0. The number of carbonyl (C=O) groups is 1. The standard InChI is InChI=1S/C22H42N2O3/c1-3-5-6-7-8-9-10-11-12-13-14-15-16-20-23-17-18-24(20,19-22(26)27)21(25)4-2/h21,25H,3-19H2,1-2H3/p+1. The van der Waals surface area contributed by atoms with Crippen LogP contribution in [0.2, 0.25) is 0 Å². The van der Waals surface area contributed by atoms with Gasteiger partial charge in [0, 0.05) is 12.8 Å². The zero-order valence-corrected chi connectivity index (χ0v) is 17.8. The van der Waals surface area contributed by atoms with Gasteiger partial charge >= 0.3 is 5.97 Å². The fourth-order valence-corrected chi connectivity index (χ4v) is 4.24. The molecule has 27 heavy (non-hydrogen) atoms. The van der Waals surface area contributed by atoms with E-state index in [1.165, 1.54) is 70.6 Å². The van der Waals surface area contributed by atoms with E-state index in [1.54, 1.807) is 0 Å². The second kappa shape index (κ2) is 14.1. The summed E-state index contributed by atoms with van der Waals surface area (Å²) in [6.07, 6.45) is 16.5. The van der Waals surface area contributed by atoms with E-state index in [0.717, 1.165) is 18.7 Å². The van der Waals surface area contributed by atoms with Crippen molar-refractivity contribution in [3.63, 3.8) is 0 Å². The highest BCUT2D eigenvalue weighted by atomic mass is 16.4. The third-order valence-electron chi connectivity index (χ3n) is 5.91. The minimum absolute atomic E-state index is 0.0495. The van der Waals surface area contributed by atoms with Gasteiger partial charge in [0.2, 0.25) is 5.84 Å². The quantitative estimate of drug-likeness (QED) is 0.270. The number of quaternary nitrogens is 1. The number of amidine groups is 1. The van der Waals surface area contributed by atoms with Crippen molar-refractivity contribution in [1.82, 2.24) is 0 Å². The Hall–Kier alpha value is -0.940. The van der Waals surface area contributed by atoms with Crippen LogP contribution in [0, 0.1) is 0 Å². The van der Waals surface area contributed by atoms with Crippen molar-refractivity contribution in [2.75, 3.05) is 19.6 Å². The van der Waals surface area contributed by atoms with Crippen LogP contribution in [0.15, 0.2) is 4.99 Å². The van der Waals surface area contributed by atoms with Crippen molar-refractivity contribution in [1.29, 1.82) is 0 Å². The van der Waals surface area contributed by atoms with Crippen molar-refractivity contribution in [2.45, 2.75) is 110 Å². The molecular weight excluding hydrogens is 340 g/mol. The molecule has 0 aromatic carbocycles. The minimum Gasteiger partial charge on any atom is -0.477 e. The van der Waals surface area contributed by atoms with Gasteiger partial charge in [-0.05, 0) is 6.42 Å². The molecule has 158 valence electrons. The van der Waals surface area contributed by atoms with Crippen LogP contribution in [0.5, 0.6) is 0 Å². The number of aliphatic hydroxyl groups is 1. The molecule has 2 N–H and O–H groups in total. The largest absolute Gasteiger partial charge is 0.477 e. The van der Waals surface area contributed by atoms with Gasteiger partial charge in [0.25, 0.3) is 0 Å². The Balaban J connectivity index is 2.17. The zero-order valence-electron chi connectivity index (χ0n) is 17.8. The Kier molecular flexibility index (Phi) is 12.6. The first-order chi connectivity index (χ1) is 13.1. The average Bonchev–Trinajstić information content (AvgIpc) is 3.04. The normalized spacial score (nSPS) is 20.6. The lowest BCUT2D eigenvalue weighted by Crippen LogP contribution is -2.60. The van der Waals surface area contributed by atoms with Gasteiger partial charge in [-0.2, -0.15) is 0 Å². The minimum atomic E-state index is -0.855. The fraction of sp³-hybridized carbons (Fsp3) is 0.909. The second-order valence-corrected chi connectivity index (χ2v) is 8.14. The molecule has 1 aliphatic rings. The molecule has 5 heteroatoms. The molecule has 0 bridgehead atoms. The summed E-state index contributed by atoms with van der Waals surface area (Å²) >= 11 is 0. The van der Waals surface area contributed by atoms with Gasteiger partial charge in [0.15, 0.2) is 12.8 Å². The van der Waals surface area contributed by atoms with E-state index < -0.39 is 12.2 Å². The van der Waals surface area contributed by atoms with E-state index >= 15 is 0 Å². The number of hydrogen-bond donors (Lipinski definition) is 2. The van der Waals surface area contributed by atoms with E-state index in [-0.39, 0.29) is 11.0 Å². The summed E-state index contributed by atoms with van der Waals surface area (Å²) in [6, 6.07) is 0. The van der Waals surface area contributed by atoms with Crippen molar-refractivity contribution in [3.8, 4) is 0 Å². The van der Waals surface area contributed by atoms with Gasteiger partial charge in [-0.3, -0.25) is 0 Å². The van der Waals surface area contributed by atoms with Gasteiger partial charge in [0.1, 0.15) is 6.54 Å². The molecule has 1 rings (SSSR count). The maximum absolute atomic E-state index is 11.3. The first-order valence-electron chi connectivity index (χ1n) is 11.4. The Morgan fingerprint density at radius 2 is 1.48 bits per heavy atom. The van der Waals surface area contributed by atoms with Gasteiger partial charge in [-0.15, -0.1) is 0 Å². The summed E-state index contributed by atoms with van der Waals surface area (Å²) in [6.45, 7) is 5.38. The van der Waals surface area contributed by atoms with Crippen LogP contribution in [0.25, 0.3) is 0 Å². The van der Waals surface area contributed by atoms with Crippen molar-refractivity contribution < 1.29 is 19.5 Å². The molecule has 0 aromatic rings. The Morgan fingerprint density at radius 3 is 1.96 bits per heavy atom. The summed E-state index contributed by atoms with van der Waals surface area (Å²) in [4.78, 5) is 15.9. The summed E-state index contributed by atoms with van der Waals surface area (Å²) < 4.78 is 0.157. The second-order valence-electron chi connectivity index (χ2n) is 8.14. The molecule has 0 amide bonds. The lowest BCUT2D eigenvalue weighted by Gasteiger charge is -2.37. The molecule has 0 saturated carbocycles. The number of unbranched alkanes of at least 4 members (excludes halogenated alkanes) is 11. The highest BCUT2D eigenvalue weighted by Gasteiger charge is 2.44. The fourth-order valence-electron chi connectivity index (χ4n) is 4.24. The van der Waals surface area contributed by atoms with Gasteiger partial charge in [0.05, 0.1) is 6.54 Å². The van der Waals surface area contributed by atoms with Crippen LogP contribution in [0.4, 0.5) is 0 Å². The SMILES string of the molecule is CCCCCCCCCCCCCCC1=NCC[N+]1(CC(=O)O)C(O)CC. The zero-order chi connectivity index (χ0) is 20.0. The smallest absolute Gasteiger partial charge is 0.359 e. The van der Waals surface area contributed by atoms with E-state index in [2.05, 4.69) is 11.9 Å². The number of aliphatic carboxylic acids is 1. The molecule has 2 atom stereocenters. The first kappa shape index (κ1) is 24.1. The molecule has 1 aliphatic heterocycles. The lowest BCUT2D eigenvalue weighted by molar-refractivity contribution is -0.879. The molecule has 2 unspecified atom stereocenters. The van der Waals surface area contributed by atoms with E-state index in [0.29, 0.717) is 19.5 Å². The number of carboxylic acid groups (broad SMARTS) is 1. The number of aliphatic hydroxyl groups excluding tert-OH is 1. The maximum atomic E-state index is 11.3. The molecule has 0 aliphatic carbocycles. The highest BCUT2D eigenvalue weighted by Crippen LogP contribution is 2.25. The van der Waals surface area contributed by atoms with Crippen molar-refractivity contribution >= 4 is 11.8 Å². The summed E-state index contributed by atoms with van der Waals surface area (Å²) in [5.74, 6) is 0.0469. The molecular formula is C22H43N2O3+. The van der Waals surface area contributed by atoms with Crippen LogP contribution in [-0.2, 0) is 4.79 Å². The van der Waals surface area contributed by atoms with Crippen LogP contribution in [0.3, 0.4) is 0 Å². The first-order valence-corrected chi connectivity index (χ1v) is 11.4. The molecule has 1 heterocycles. The Bertz CT molecular complexity index is 439. The number of nitrogens with zero attached hydrogens (tertiary/aromatic N) is 2. The predicted molar refractivity (Wildman–Crippen MR) is 112 cm³/mol. The van der Waals surface area contributed by atoms with Crippen LogP contribution >= 0.6 is 0 Å². The van der Waals surface area contributed by atoms with Crippen molar-refractivity contribution in [3.05, 3.63) is 0 Å². The third kappa shape index (κ3) is 8.73. The molecule has 0 radical (unpaired) electrons. The summed E-state index contributed by atoms with van der Waals surface area (Å²) in [7, 11) is 0. The monoisotopic (exact) mass is 383 g/mol. The number of rotatable bonds is 17. The topological polar surface area (TPSA) is 69.9 Å². The predicted octanol–water partition coefficient (Wildman–Crippen LogP) is 5.12. The van der Waals surface area contributed by atoms with E-state index in [4.69, 9.17) is 0 Å².